The molecule has 0 aliphatic rings. The summed E-state index contributed by atoms with van der Waals surface area (Å²) >= 11 is 0. The second-order valence-electron chi connectivity index (χ2n) is 3.89. The first-order valence-electron chi connectivity index (χ1n) is 5.35. The SMILES string of the molecule is Cc1cc(F)ccc1C(=O)Nc1ccc(N)cn1. The molecule has 0 bridgehead atoms. The highest BCUT2D eigenvalue weighted by molar-refractivity contribution is 6.04. The molecule has 0 spiro atoms. The van der Waals surface area contributed by atoms with Crippen molar-refractivity contribution in [2.45, 2.75) is 6.92 Å². The minimum Gasteiger partial charge on any atom is -0.397 e. The maximum atomic E-state index is 12.9. The fourth-order valence-corrected chi connectivity index (χ4v) is 1.54. The summed E-state index contributed by atoms with van der Waals surface area (Å²) in [5.41, 5.74) is 7.00. The van der Waals surface area contributed by atoms with Crippen molar-refractivity contribution in [3.63, 3.8) is 0 Å². The molecule has 0 saturated heterocycles. The maximum Gasteiger partial charge on any atom is 0.257 e. The molecule has 92 valence electrons. The smallest absolute Gasteiger partial charge is 0.257 e. The van der Waals surface area contributed by atoms with Gasteiger partial charge in [-0.2, -0.15) is 0 Å². The van der Waals surface area contributed by atoms with Gasteiger partial charge in [0.2, 0.25) is 0 Å². The highest BCUT2D eigenvalue weighted by atomic mass is 19.1. The van der Waals surface area contributed by atoms with Gasteiger partial charge in [0, 0.05) is 5.56 Å². The van der Waals surface area contributed by atoms with Gasteiger partial charge in [-0.05, 0) is 42.8 Å². The number of hydrogen-bond acceptors (Lipinski definition) is 3. The van der Waals surface area contributed by atoms with Crippen molar-refractivity contribution in [1.29, 1.82) is 0 Å². The number of nitrogens with one attached hydrogen (secondary N) is 1. The number of halogens is 1. The average molecular weight is 245 g/mol. The van der Waals surface area contributed by atoms with Crippen LogP contribution >= 0.6 is 0 Å². The molecule has 1 aromatic heterocycles. The summed E-state index contributed by atoms with van der Waals surface area (Å²) in [6.45, 7) is 1.68. The van der Waals surface area contributed by atoms with E-state index in [2.05, 4.69) is 10.3 Å². The lowest BCUT2D eigenvalue weighted by atomic mass is 10.1. The third kappa shape index (κ3) is 2.63. The van der Waals surface area contributed by atoms with E-state index in [0.29, 0.717) is 22.6 Å². The van der Waals surface area contributed by atoms with Gasteiger partial charge in [-0.1, -0.05) is 0 Å². The van der Waals surface area contributed by atoms with Crippen LogP contribution in [0.3, 0.4) is 0 Å². The summed E-state index contributed by atoms with van der Waals surface area (Å²) in [4.78, 5) is 15.9. The summed E-state index contributed by atoms with van der Waals surface area (Å²) in [7, 11) is 0. The van der Waals surface area contributed by atoms with Gasteiger partial charge in [0.25, 0.3) is 5.91 Å². The molecule has 0 aliphatic heterocycles. The van der Waals surface area contributed by atoms with E-state index in [4.69, 9.17) is 5.73 Å². The summed E-state index contributed by atoms with van der Waals surface area (Å²) in [5.74, 6) is -0.294. The standard InChI is InChI=1S/C13H12FN3O/c1-8-6-9(14)2-4-11(8)13(18)17-12-5-3-10(15)7-16-12/h2-7H,15H2,1H3,(H,16,17,18). The van der Waals surface area contributed by atoms with Crippen LogP contribution in [0.15, 0.2) is 36.5 Å². The van der Waals surface area contributed by atoms with Crippen LogP contribution in [0.5, 0.6) is 0 Å². The highest BCUT2D eigenvalue weighted by Gasteiger charge is 2.10. The number of hydrogen-bond donors (Lipinski definition) is 2. The number of aromatic nitrogens is 1. The monoisotopic (exact) mass is 245 g/mol. The van der Waals surface area contributed by atoms with Crippen molar-refractivity contribution < 1.29 is 9.18 Å². The Hall–Kier alpha value is -2.43. The van der Waals surface area contributed by atoms with Crippen LogP contribution in [0, 0.1) is 12.7 Å². The third-order valence-electron chi connectivity index (χ3n) is 2.46. The number of nitrogens with two attached hydrogens (primary N) is 1. The first kappa shape index (κ1) is 12.0. The summed E-state index contributed by atoms with van der Waals surface area (Å²) in [5, 5.41) is 2.62. The van der Waals surface area contributed by atoms with Crippen LogP contribution in [-0.2, 0) is 0 Å². The quantitative estimate of drug-likeness (QED) is 0.853. The summed E-state index contributed by atoms with van der Waals surface area (Å²) in [6, 6.07) is 7.24. The molecule has 3 N–H and O–H groups in total. The lowest BCUT2D eigenvalue weighted by molar-refractivity contribution is 0.102. The van der Waals surface area contributed by atoms with Crippen LogP contribution in [-0.4, -0.2) is 10.9 Å². The molecule has 5 heteroatoms. The van der Waals surface area contributed by atoms with E-state index >= 15 is 0 Å². The summed E-state index contributed by atoms with van der Waals surface area (Å²) in [6.07, 6.45) is 1.45. The average Bonchev–Trinajstić information content (AvgIpc) is 2.32. The lowest BCUT2D eigenvalue weighted by Crippen LogP contribution is -2.14. The fourth-order valence-electron chi connectivity index (χ4n) is 1.54. The van der Waals surface area contributed by atoms with Gasteiger partial charge < -0.3 is 11.1 Å². The molecule has 0 unspecified atom stereocenters. The number of carbonyl (C=O) groups excluding carboxylic acids is 1. The van der Waals surface area contributed by atoms with Crippen molar-refractivity contribution in [2.75, 3.05) is 11.1 Å². The zero-order valence-corrected chi connectivity index (χ0v) is 9.77. The van der Waals surface area contributed by atoms with Crippen molar-refractivity contribution in [3.8, 4) is 0 Å². The number of benzene rings is 1. The topological polar surface area (TPSA) is 68.0 Å². The van der Waals surface area contributed by atoms with Crippen LogP contribution < -0.4 is 11.1 Å². The molecule has 0 saturated carbocycles. The molecule has 0 aliphatic carbocycles. The van der Waals surface area contributed by atoms with Crippen LogP contribution in [0.1, 0.15) is 15.9 Å². The number of nitrogens with zero attached hydrogens (tertiary/aromatic N) is 1. The molecule has 1 heterocycles. The van der Waals surface area contributed by atoms with Gasteiger partial charge in [-0.25, -0.2) is 9.37 Å². The van der Waals surface area contributed by atoms with Gasteiger partial charge in [-0.15, -0.1) is 0 Å². The predicted molar refractivity (Wildman–Crippen MR) is 67.7 cm³/mol. The van der Waals surface area contributed by atoms with Gasteiger partial charge in [0.1, 0.15) is 11.6 Å². The molecule has 0 radical (unpaired) electrons. The largest absolute Gasteiger partial charge is 0.397 e. The Kier molecular flexibility index (Phi) is 3.23. The zero-order valence-electron chi connectivity index (χ0n) is 9.77. The van der Waals surface area contributed by atoms with Crippen LogP contribution in [0.4, 0.5) is 15.9 Å². The Labute approximate surface area is 104 Å². The van der Waals surface area contributed by atoms with E-state index in [-0.39, 0.29) is 11.7 Å². The van der Waals surface area contributed by atoms with Crippen LogP contribution in [0.2, 0.25) is 0 Å². The van der Waals surface area contributed by atoms with Gasteiger partial charge in [-0.3, -0.25) is 4.79 Å². The van der Waals surface area contributed by atoms with E-state index in [1.807, 2.05) is 0 Å². The fraction of sp³-hybridized carbons (Fsp3) is 0.0769. The maximum absolute atomic E-state index is 12.9. The van der Waals surface area contributed by atoms with E-state index in [0.717, 1.165) is 0 Å². The number of nitrogen functional groups attached to an aromatic ring is 1. The number of aryl methyl sites for hydroxylation is 1. The minimum absolute atomic E-state index is 0.329. The number of carbonyl (C=O) groups is 1. The first-order valence-corrected chi connectivity index (χ1v) is 5.35. The number of anilines is 2. The molecule has 4 nitrogen and oxygen atoms in total. The Morgan fingerprint density at radius 3 is 2.72 bits per heavy atom. The molecule has 18 heavy (non-hydrogen) atoms. The molecule has 0 atom stereocenters. The summed E-state index contributed by atoms with van der Waals surface area (Å²) < 4.78 is 12.9. The molecular weight excluding hydrogens is 233 g/mol. The molecule has 1 amide bonds. The number of rotatable bonds is 2. The number of amides is 1. The predicted octanol–water partition coefficient (Wildman–Crippen LogP) is 2.36. The molecule has 0 fully saturated rings. The van der Waals surface area contributed by atoms with Gasteiger partial charge in [0.05, 0.1) is 11.9 Å². The molecule has 1 aromatic carbocycles. The van der Waals surface area contributed by atoms with Crippen molar-refractivity contribution in [2.24, 2.45) is 0 Å². The molecule has 2 rings (SSSR count). The Morgan fingerprint density at radius 2 is 2.11 bits per heavy atom. The molecular formula is C13H12FN3O. The van der Waals surface area contributed by atoms with E-state index in [9.17, 15) is 9.18 Å². The van der Waals surface area contributed by atoms with E-state index in [1.165, 1.54) is 24.4 Å². The highest BCUT2D eigenvalue weighted by Crippen LogP contribution is 2.13. The Balaban J connectivity index is 2.19. The van der Waals surface area contributed by atoms with Crippen molar-refractivity contribution in [1.82, 2.24) is 4.98 Å². The second kappa shape index (κ2) is 4.83. The van der Waals surface area contributed by atoms with Gasteiger partial charge in [0.15, 0.2) is 0 Å². The van der Waals surface area contributed by atoms with Gasteiger partial charge >= 0.3 is 0 Å². The third-order valence-corrected chi connectivity index (χ3v) is 2.46. The zero-order chi connectivity index (χ0) is 13.1. The van der Waals surface area contributed by atoms with Crippen molar-refractivity contribution >= 4 is 17.4 Å². The van der Waals surface area contributed by atoms with Crippen molar-refractivity contribution in [3.05, 3.63) is 53.5 Å². The molecule has 2 aromatic rings. The second-order valence-corrected chi connectivity index (χ2v) is 3.89. The van der Waals surface area contributed by atoms with Crippen LogP contribution in [0.25, 0.3) is 0 Å². The minimum atomic E-state index is -0.366. The first-order chi connectivity index (χ1) is 8.56. The van der Waals surface area contributed by atoms with E-state index < -0.39 is 0 Å². The normalized spacial score (nSPS) is 10.1. The Bertz CT molecular complexity index is 581. The van der Waals surface area contributed by atoms with E-state index in [1.54, 1.807) is 19.1 Å². The lowest BCUT2D eigenvalue weighted by Gasteiger charge is -2.07. The Morgan fingerprint density at radius 1 is 1.33 bits per heavy atom. The number of pyridine rings is 1.